The van der Waals surface area contributed by atoms with Gasteiger partial charge in [-0.25, -0.2) is 13.8 Å². The molecule has 0 saturated heterocycles. The Hall–Kier alpha value is -2.17. The number of halogens is 2. The van der Waals surface area contributed by atoms with Crippen molar-refractivity contribution in [2.45, 2.75) is 25.8 Å². The third-order valence-corrected chi connectivity index (χ3v) is 3.90. The van der Waals surface area contributed by atoms with Gasteiger partial charge in [0.1, 0.15) is 0 Å². The Morgan fingerprint density at radius 3 is 2.76 bits per heavy atom. The first-order chi connectivity index (χ1) is 10.1. The van der Waals surface area contributed by atoms with Crippen molar-refractivity contribution in [2.75, 3.05) is 17.3 Å². The number of nitrogens with one attached hydrogen (secondary N) is 1. The molecule has 3 nitrogen and oxygen atoms in total. The van der Waals surface area contributed by atoms with E-state index in [1.807, 2.05) is 36.1 Å². The van der Waals surface area contributed by atoms with Crippen molar-refractivity contribution in [1.29, 1.82) is 0 Å². The Morgan fingerprint density at radius 1 is 1.24 bits per heavy atom. The van der Waals surface area contributed by atoms with Crippen molar-refractivity contribution < 1.29 is 8.78 Å². The van der Waals surface area contributed by atoms with E-state index in [-0.39, 0.29) is 17.7 Å². The molecule has 1 aromatic carbocycles. The van der Waals surface area contributed by atoms with Gasteiger partial charge in [-0.1, -0.05) is 18.2 Å². The lowest BCUT2D eigenvalue weighted by Gasteiger charge is -2.36. The summed E-state index contributed by atoms with van der Waals surface area (Å²) < 4.78 is 27.9. The zero-order valence-electron chi connectivity index (χ0n) is 12.0. The van der Waals surface area contributed by atoms with Gasteiger partial charge in [-0.2, -0.15) is 0 Å². The van der Waals surface area contributed by atoms with E-state index in [2.05, 4.69) is 10.3 Å². The normalized spacial score (nSPS) is 17.5. The van der Waals surface area contributed by atoms with Crippen LogP contribution in [-0.2, 0) is 6.42 Å². The van der Waals surface area contributed by atoms with Crippen LogP contribution in [0, 0.1) is 11.6 Å². The molecule has 1 unspecified atom stereocenters. The van der Waals surface area contributed by atoms with Crippen molar-refractivity contribution in [3.63, 3.8) is 0 Å². The van der Waals surface area contributed by atoms with Crippen molar-refractivity contribution in [3.05, 3.63) is 47.5 Å². The second-order valence-corrected chi connectivity index (χ2v) is 5.26. The maximum absolute atomic E-state index is 14.2. The third kappa shape index (κ3) is 2.33. The fourth-order valence-corrected chi connectivity index (χ4v) is 2.81. The zero-order chi connectivity index (χ0) is 15.0. The van der Waals surface area contributed by atoms with Gasteiger partial charge in [-0.05, 0) is 31.4 Å². The van der Waals surface area contributed by atoms with Crippen molar-refractivity contribution in [2.24, 2.45) is 0 Å². The number of rotatable bonds is 2. The molecular weight excluding hydrogens is 272 g/mol. The summed E-state index contributed by atoms with van der Waals surface area (Å²) in [5.74, 6) is -1.10. The van der Waals surface area contributed by atoms with Gasteiger partial charge in [-0.3, -0.25) is 0 Å². The molecule has 0 radical (unpaired) electrons. The molecule has 5 heteroatoms. The number of fused-ring (bicyclic) bond motifs is 1. The minimum absolute atomic E-state index is 0.0571. The number of anilines is 3. The van der Waals surface area contributed by atoms with E-state index in [1.165, 1.54) is 0 Å². The van der Waals surface area contributed by atoms with Crippen molar-refractivity contribution in [1.82, 2.24) is 4.98 Å². The fourth-order valence-electron chi connectivity index (χ4n) is 2.81. The van der Waals surface area contributed by atoms with Gasteiger partial charge in [0.25, 0.3) is 0 Å². The number of hydrogen-bond acceptors (Lipinski definition) is 3. The van der Waals surface area contributed by atoms with Crippen molar-refractivity contribution >= 4 is 17.3 Å². The van der Waals surface area contributed by atoms with E-state index < -0.39 is 11.6 Å². The Bertz CT molecular complexity index is 673. The van der Waals surface area contributed by atoms with Gasteiger partial charge in [0.2, 0.25) is 0 Å². The maximum Gasteiger partial charge on any atom is 0.172 e. The van der Waals surface area contributed by atoms with Gasteiger partial charge in [0.15, 0.2) is 23.3 Å². The molecule has 1 N–H and O–H groups in total. The molecule has 1 aromatic heterocycles. The minimum atomic E-state index is -0.684. The quantitative estimate of drug-likeness (QED) is 0.909. The molecule has 2 heterocycles. The minimum Gasteiger partial charge on any atom is -0.371 e. The zero-order valence-corrected chi connectivity index (χ0v) is 12.0. The van der Waals surface area contributed by atoms with E-state index in [4.69, 9.17) is 0 Å². The van der Waals surface area contributed by atoms with Crippen LogP contribution in [0.5, 0.6) is 0 Å². The van der Waals surface area contributed by atoms with E-state index in [0.717, 1.165) is 30.2 Å². The third-order valence-electron chi connectivity index (χ3n) is 3.90. The molecule has 0 spiro atoms. The molecule has 2 aromatic rings. The molecule has 1 aliphatic heterocycles. The number of benzene rings is 1. The highest BCUT2D eigenvalue weighted by Crippen LogP contribution is 2.37. The Morgan fingerprint density at radius 2 is 2.00 bits per heavy atom. The molecule has 0 bridgehead atoms. The monoisotopic (exact) mass is 289 g/mol. The molecule has 1 atom stereocenters. The summed E-state index contributed by atoms with van der Waals surface area (Å²) in [6.07, 6.45) is 1.86. The lowest BCUT2D eigenvalue weighted by molar-refractivity contribution is 0.555. The summed E-state index contributed by atoms with van der Waals surface area (Å²) in [4.78, 5) is 5.98. The Labute approximate surface area is 122 Å². The molecule has 3 rings (SSSR count). The van der Waals surface area contributed by atoms with E-state index >= 15 is 0 Å². The van der Waals surface area contributed by atoms with E-state index in [0.29, 0.717) is 0 Å². The number of hydrogen-bond donors (Lipinski definition) is 1. The fraction of sp³-hybridized carbons (Fsp3) is 0.312. The standard InChI is InChI=1S/C16H17F2N3/c1-10-7-8-11-5-3-4-6-14(11)21(10)16-13(18)9-12(17)15(19-2)20-16/h3-6,9-10H,7-8H2,1-2H3,(H,19,20). The summed E-state index contributed by atoms with van der Waals surface area (Å²) in [5, 5.41) is 2.66. The summed E-state index contributed by atoms with van der Waals surface area (Å²) in [6, 6.07) is 8.88. The molecule has 1 aliphatic rings. The highest BCUT2D eigenvalue weighted by Gasteiger charge is 2.28. The van der Waals surface area contributed by atoms with E-state index in [9.17, 15) is 8.78 Å². The van der Waals surface area contributed by atoms with Crippen LogP contribution in [-0.4, -0.2) is 18.1 Å². The first-order valence-electron chi connectivity index (χ1n) is 7.02. The van der Waals surface area contributed by atoms with Gasteiger partial charge in [-0.15, -0.1) is 0 Å². The molecule has 0 saturated carbocycles. The average molecular weight is 289 g/mol. The first kappa shape index (κ1) is 13.8. The SMILES string of the molecule is CNc1nc(N2c3ccccc3CCC2C)c(F)cc1F. The van der Waals surface area contributed by atoms with Gasteiger partial charge < -0.3 is 10.2 Å². The molecule has 0 amide bonds. The lowest BCUT2D eigenvalue weighted by atomic mass is 9.96. The Kier molecular flexibility index (Phi) is 3.49. The summed E-state index contributed by atoms with van der Waals surface area (Å²) >= 11 is 0. The highest BCUT2D eigenvalue weighted by atomic mass is 19.1. The predicted molar refractivity (Wildman–Crippen MR) is 80.1 cm³/mol. The summed E-state index contributed by atoms with van der Waals surface area (Å²) in [5.41, 5.74) is 2.10. The van der Waals surface area contributed by atoms with Gasteiger partial charge in [0, 0.05) is 24.8 Å². The van der Waals surface area contributed by atoms with Crippen LogP contribution in [0.1, 0.15) is 18.9 Å². The van der Waals surface area contributed by atoms with Gasteiger partial charge in [0.05, 0.1) is 0 Å². The average Bonchev–Trinajstić information content (AvgIpc) is 2.48. The molecular formula is C16H17F2N3. The topological polar surface area (TPSA) is 28.2 Å². The molecule has 0 aliphatic carbocycles. The largest absolute Gasteiger partial charge is 0.371 e. The van der Waals surface area contributed by atoms with Crippen LogP contribution in [0.4, 0.5) is 26.1 Å². The number of aryl methyl sites for hydroxylation is 1. The van der Waals surface area contributed by atoms with Crippen LogP contribution in [0.15, 0.2) is 30.3 Å². The second-order valence-electron chi connectivity index (χ2n) is 5.26. The van der Waals surface area contributed by atoms with Crippen LogP contribution in [0.25, 0.3) is 0 Å². The van der Waals surface area contributed by atoms with Crippen LogP contribution in [0.2, 0.25) is 0 Å². The first-order valence-corrected chi connectivity index (χ1v) is 7.02. The number of pyridine rings is 1. The van der Waals surface area contributed by atoms with Crippen LogP contribution >= 0.6 is 0 Å². The maximum atomic E-state index is 14.2. The molecule has 21 heavy (non-hydrogen) atoms. The van der Waals surface area contributed by atoms with Crippen molar-refractivity contribution in [3.8, 4) is 0 Å². The summed E-state index contributed by atoms with van der Waals surface area (Å²) in [6.45, 7) is 2.03. The van der Waals surface area contributed by atoms with Gasteiger partial charge >= 0.3 is 0 Å². The van der Waals surface area contributed by atoms with E-state index in [1.54, 1.807) is 7.05 Å². The molecule has 110 valence electrons. The van der Waals surface area contributed by atoms with Crippen LogP contribution in [0.3, 0.4) is 0 Å². The summed E-state index contributed by atoms with van der Waals surface area (Å²) in [7, 11) is 1.57. The second kappa shape index (κ2) is 5.31. The lowest BCUT2D eigenvalue weighted by Crippen LogP contribution is -2.34. The molecule has 0 fully saturated rings. The predicted octanol–water partition coefficient (Wildman–Crippen LogP) is 3.87. The highest BCUT2D eigenvalue weighted by molar-refractivity contribution is 5.67. The van der Waals surface area contributed by atoms with Crippen LogP contribution < -0.4 is 10.2 Å². The number of nitrogens with zero attached hydrogens (tertiary/aromatic N) is 2. The number of aromatic nitrogens is 1. The number of para-hydroxylation sites is 1. The smallest absolute Gasteiger partial charge is 0.172 e. The Balaban J connectivity index is 2.15.